The molecule has 5 nitrogen and oxygen atoms in total. The lowest BCUT2D eigenvalue weighted by atomic mass is 10.0. The molecule has 3 aromatic rings. The van der Waals surface area contributed by atoms with E-state index >= 15 is 0 Å². The van der Waals surface area contributed by atoms with E-state index in [0.717, 1.165) is 15.6 Å². The maximum Gasteiger partial charge on any atom is 0.261 e. The standard InChI is InChI=1S/C26H25BrCl2N2O3/c1-2-30-26(33)23(14-18-7-4-3-5-8-18)31(16-19-9-6-10-20(27)13-19)25(32)17-34-24-12-11-21(28)15-22(24)29/h3-13,15,23H,2,14,16-17H2,1H3,(H,30,33)/t23-/m1/s1. The Bertz CT molecular complexity index is 1130. The predicted octanol–water partition coefficient (Wildman–Crippen LogP) is 5.91. The Hall–Kier alpha value is -2.54. The van der Waals surface area contributed by atoms with Crippen LogP contribution in [0.25, 0.3) is 0 Å². The van der Waals surface area contributed by atoms with Crippen LogP contribution in [0.5, 0.6) is 5.75 Å². The Labute approximate surface area is 218 Å². The highest BCUT2D eigenvalue weighted by Gasteiger charge is 2.30. The number of nitrogens with one attached hydrogen (secondary N) is 1. The van der Waals surface area contributed by atoms with Gasteiger partial charge in [-0.1, -0.05) is 81.6 Å². The summed E-state index contributed by atoms with van der Waals surface area (Å²) in [5, 5.41) is 3.65. The van der Waals surface area contributed by atoms with Crippen molar-refractivity contribution in [1.82, 2.24) is 10.2 Å². The summed E-state index contributed by atoms with van der Waals surface area (Å²) in [4.78, 5) is 28.1. The zero-order valence-electron chi connectivity index (χ0n) is 18.6. The summed E-state index contributed by atoms with van der Waals surface area (Å²) < 4.78 is 6.60. The molecule has 0 bridgehead atoms. The van der Waals surface area contributed by atoms with E-state index < -0.39 is 6.04 Å². The highest BCUT2D eigenvalue weighted by Crippen LogP contribution is 2.27. The van der Waals surface area contributed by atoms with Crippen molar-refractivity contribution in [2.45, 2.75) is 25.9 Å². The lowest BCUT2D eigenvalue weighted by Crippen LogP contribution is -2.51. The van der Waals surface area contributed by atoms with Gasteiger partial charge >= 0.3 is 0 Å². The molecule has 0 spiro atoms. The van der Waals surface area contributed by atoms with Gasteiger partial charge in [-0.05, 0) is 48.4 Å². The fraction of sp³-hybridized carbons (Fsp3) is 0.231. The van der Waals surface area contributed by atoms with E-state index in [1.165, 1.54) is 0 Å². The van der Waals surface area contributed by atoms with Gasteiger partial charge in [0.05, 0.1) is 5.02 Å². The number of likely N-dealkylation sites (N-methyl/N-ethyl adjacent to an activating group) is 1. The minimum Gasteiger partial charge on any atom is -0.482 e. The third kappa shape index (κ3) is 7.49. The Morgan fingerprint density at radius 3 is 2.41 bits per heavy atom. The molecule has 3 aromatic carbocycles. The average Bonchev–Trinajstić information content (AvgIpc) is 2.81. The van der Waals surface area contributed by atoms with Crippen molar-refractivity contribution in [1.29, 1.82) is 0 Å². The average molecular weight is 564 g/mol. The number of ether oxygens (including phenoxy) is 1. The van der Waals surface area contributed by atoms with Crippen LogP contribution in [0.1, 0.15) is 18.1 Å². The first-order chi connectivity index (χ1) is 16.4. The minimum atomic E-state index is -0.724. The van der Waals surface area contributed by atoms with Crippen LogP contribution in [0.4, 0.5) is 0 Å². The molecule has 3 rings (SSSR count). The monoisotopic (exact) mass is 562 g/mol. The van der Waals surface area contributed by atoms with Crippen molar-refractivity contribution in [2.75, 3.05) is 13.2 Å². The fourth-order valence-electron chi connectivity index (χ4n) is 3.49. The largest absolute Gasteiger partial charge is 0.482 e. The highest BCUT2D eigenvalue weighted by molar-refractivity contribution is 9.10. The first kappa shape index (κ1) is 26.1. The number of hydrogen-bond donors (Lipinski definition) is 1. The number of halogens is 3. The lowest BCUT2D eigenvalue weighted by molar-refractivity contribution is -0.142. The molecular weight excluding hydrogens is 539 g/mol. The number of amides is 2. The minimum absolute atomic E-state index is 0.223. The molecule has 0 fully saturated rings. The molecule has 0 aliphatic carbocycles. The number of carbonyl (C=O) groups excluding carboxylic acids is 2. The number of rotatable bonds is 10. The number of benzene rings is 3. The van der Waals surface area contributed by atoms with Gasteiger partial charge in [0, 0.05) is 29.0 Å². The fourth-order valence-corrected chi connectivity index (χ4v) is 4.40. The van der Waals surface area contributed by atoms with Crippen molar-refractivity contribution in [3.63, 3.8) is 0 Å². The molecule has 1 atom stereocenters. The first-order valence-electron chi connectivity index (χ1n) is 10.8. The van der Waals surface area contributed by atoms with Crippen molar-refractivity contribution in [3.05, 3.63) is 98.4 Å². The molecule has 178 valence electrons. The van der Waals surface area contributed by atoms with Crippen LogP contribution >= 0.6 is 39.1 Å². The Morgan fingerprint density at radius 2 is 1.74 bits per heavy atom. The van der Waals surface area contributed by atoms with E-state index in [0.29, 0.717) is 28.8 Å². The molecule has 1 N–H and O–H groups in total. The second-order valence-corrected chi connectivity index (χ2v) is 9.37. The Balaban J connectivity index is 1.90. The van der Waals surface area contributed by atoms with Gasteiger partial charge in [-0.15, -0.1) is 0 Å². The quantitative estimate of drug-likeness (QED) is 0.333. The molecule has 0 unspecified atom stereocenters. The number of nitrogens with zero attached hydrogens (tertiary/aromatic N) is 1. The van der Waals surface area contributed by atoms with Gasteiger partial charge in [0.1, 0.15) is 11.8 Å². The normalized spacial score (nSPS) is 11.5. The summed E-state index contributed by atoms with van der Waals surface area (Å²) in [6.07, 6.45) is 0.369. The van der Waals surface area contributed by atoms with Crippen LogP contribution in [-0.2, 0) is 22.6 Å². The van der Waals surface area contributed by atoms with Crippen LogP contribution in [0.2, 0.25) is 10.0 Å². The Morgan fingerprint density at radius 1 is 1.00 bits per heavy atom. The zero-order chi connectivity index (χ0) is 24.5. The summed E-state index contributed by atoms with van der Waals surface area (Å²) >= 11 is 15.6. The van der Waals surface area contributed by atoms with E-state index in [9.17, 15) is 9.59 Å². The van der Waals surface area contributed by atoms with Crippen molar-refractivity contribution >= 4 is 50.9 Å². The second-order valence-electron chi connectivity index (χ2n) is 7.62. The van der Waals surface area contributed by atoms with Crippen molar-refractivity contribution in [2.24, 2.45) is 0 Å². The molecule has 0 saturated carbocycles. The molecular formula is C26H25BrCl2N2O3. The van der Waals surface area contributed by atoms with Gasteiger partial charge in [0.2, 0.25) is 5.91 Å². The van der Waals surface area contributed by atoms with Gasteiger partial charge < -0.3 is 15.0 Å². The highest BCUT2D eigenvalue weighted by atomic mass is 79.9. The van der Waals surface area contributed by atoms with E-state index in [1.807, 2.05) is 61.5 Å². The zero-order valence-corrected chi connectivity index (χ0v) is 21.7. The predicted molar refractivity (Wildman–Crippen MR) is 139 cm³/mol. The van der Waals surface area contributed by atoms with E-state index in [-0.39, 0.29) is 25.0 Å². The van der Waals surface area contributed by atoms with E-state index in [4.69, 9.17) is 27.9 Å². The summed E-state index contributed by atoms with van der Waals surface area (Å²) in [6.45, 7) is 2.27. The number of carbonyl (C=O) groups is 2. The molecule has 2 amide bonds. The van der Waals surface area contributed by atoms with E-state index in [2.05, 4.69) is 21.2 Å². The molecule has 0 radical (unpaired) electrons. The van der Waals surface area contributed by atoms with Gasteiger partial charge in [-0.3, -0.25) is 9.59 Å². The summed E-state index contributed by atoms with van der Waals surface area (Å²) in [6, 6.07) is 21.3. The SMILES string of the molecule is CCNC(=O)[C@@H](Cc1ccccc1)N(Cc1cccc(Br)c1)C(=O)COc1ccc(Cl)cc1Cl. The van der Waals surface area contributed by atoms with Gasteiger partial charge in [0.25, 0.3) is 5.91 Å². The molecule has 0 aromatic heterocycles. The van der Waals surface area contributed by atoms with Gasteiger partial charge in [-0.2, -0.15) is 0 Å². The Kier molecular flexibility index (Phi) is 9.81. The third-order valence-electron chi connectivity index (χ3n) is 5.11. The van der Waals surface area contributed by atoms with Crippen LogP contribution < -0.4 is 10.1 Å². The molecule has 0 aliphatic heterocycles. The topological polar surface area (TPSA) is 58.6 Å². The lowest BCUT2D eigenvalue weighted by Gasteiger charge is -2.31. The maximum absolute atomic E-state index is 13.5. The van der Waals surface area contributed by atoms with Crippen molar-refractivity contribution in [3.8, 4) is 5.75 Å². The van der Waals surface area contributed by atoms with E-state index in [1.54, 1.807) is 23.1 Å². The smallest absolute Gasteiger partial charge is 0.261 e. The van der Waals surface area contributed by atoms with Crippen LogP contribution in [0.3, 0.4) is 0 Å². The summed E-state index contributed by atoms with van der Waals surface area (Å²) in [7, 11) is 0. The van der Waals surface area contributed by atoms with Gasteiger partial charge in [-0.25, -0.2) is 0 Å². The molecule has 34 heavy (non-hydrogen) atoms. The molecule has 0 heterocycles. The summed E-state index contributed by atoms with van der Waals surface area (Å²) in [5.74, 6) is -0.211. The molecule has 0 saturated heterocycles. The second kappa shape index (κ2) is 12.8. The van der Waals surface area contributed by atoms with Crippen LogP contribution in [0.15, 0.2) is 77.3 Å². The third-order valence-corrected chi connectivity index (χ3v) is 6.13. The van der Waals surface area contributed by atoms with Crippen LogP contribution in [0, 0.1) is 0 Å². The molecule has 0 aliphatic rings. The van der Waals surface area contributed by atoms with Gasteiger partial charge in [0.15, 0.2) is 6.61 Å². The first-order valence-corrected chi connectivity index (χ1v) is 12.4. The van der Waals surface area contributed by atoms with Crippen LogP contribution in [-0.4, -0.2) is 35.9 Å². The number of hydrogen-bond acceptors (Lipinski definition) is 3. The summed E-state index contributed by atoms with van der Waals surface area (Å²) in [5.41, 5.74) is 1.84. The maximum atomic E-state index is 13.5. The van der Waals surface area contributed by atoms with Crippen molar-refractivity contribution < 1.29 is 14.3 Å². The molecule has 8 heteroatoms.